The van der Waals surface area contributed by atoms with E-state index in [-0.39, 0.29) is 18.6 Å². The molecule has 3 aromatic carbocycles. The molecule has 0 spiro atoms. The second kappa shape index (κ2) is 12.3. The number of hydrogen-bond donors (Lipinski definition) is 3. The Morgan fingerprint density at radius 1 is 0.975 bits per heavy atom. The number of benzene rings is 3. The lowest BCUT2D eigenvalue weighted by Gasteiger charge is -2.19. The van der Waals surface area contributed by atoms with Crippen molar-refractivity contribution < 1.29 is 26.7 Å². The minimum absolute atomic E-state index is 0.0834. The second-order valence-corrected chi connectivity index (χ2v) is 9.82. The van der Waals surface area contributed by atoms with Gasteiger partial charge in [-0.15, -0.1) is 0 Å². The molecule has 0 aliphatic carbocycles. The topological polar surface area (TPSA) is 107 Å². The van der Waals surface area contributed by atoms with Crippen LogP contribution in [0.3, 0.4) is 0 Å². The Kier molecular flexibility index (Phi) is 8.80. The molecular weight excluding hydrogens is 543 g/mol. The molecule has 0 radical (unpaired) electrons. The third-order valence-electron chi connectivity index (χ3n) is 5.90. The number of nitrogens with one attached hydrogen (secondary N) is 2. The van der Waals surface area contributed by atoms with Gasteiger partial charge >= 0.3 is 6.18 Å². The number of carbonyl (C=O) groups is 1. The van der Waals surface area contributed by atoms with Gasteiger partial charge in [-0.2, -0.15) is 18.2 Å². The third kappa shape index (κ3) is 7.87. The molecule has 208 valence electrons. The molecule has 3 N–H and O–H groups in total. The lowest BCUT2D eigenvalue weighted by atomic mass is 9.99. The Bertz CT molecular complexity index is 1530. The summed E-state index contributed by atoms with van der Waals surface area (Å²) in [7, 11) is 1.82. The summed E-state index contributed by atoms with van der Waals surface area (Å²) in [6, 6.07) is 19.4. The molecule has 1 atom stereocenters. The number of carbonyl (C=O) groups excluding carboxylic acids is 1. The first kappa shape index (κ1) is 28.7. The highest BCUT2D eigenvalue weighted by atomic mass is 32.2. The quantitative estimate of drug-likeness (QED) is 0.195. The Morgan fingerprint density at radius 3 is 2.38 bits per heavy atom. The number of hydrogen-bond acceptors (Lipinski definition) is 6. The van der Waals surface area contributed by atoms with Gasteiger partial charge in [0.25, 0.3) is 11.3 Å². The van der Waals surface area contributed by atoms with Crippen LogP contribution >= 0.6 is 0 Å². The first-order chi connectivity index (χ1) is 19.0. The molecular formula is C28H26F3N5O3S. The van der Waals surface area contributed by atoms with Gasteiger partial charge in [0.1, 0.15) is 11.6 Å². The molecule has 4 aromatic rings. The zero-order valence-electron chi connectivity index (χ0n) is 21.6. The highest BCUT2D eigenvalue weighted by Crippen LogP contribution is 2.31. The van der Waals surface area contributed by atoms with Crippen LogP contribution in [-0.2, 0) is 35.1 Å². The van der Waals surface area contributed by atoms with Crippen molar-refractivity contribution in [2.45, 2.75) is 25.9 Å². The highest BCUT2D eigenvalue weighted by molar-refractivity contribution is 7.80. The Labute approximate surface area is 231 Å². The maximum absolute atomic E-state index is 13.1. The molecule has 0 aliphatic heterocycles. The zero-order chi connectivity index (χ0) is 28.9. The summed E-state index contributed by atoms with van der Waals surface area (Å²) in [5, 5.41) is 3.06. The molecule has 0 amide bonds. The number of rotatable bonds is 10. The summed E-state index contributed by atoms with van der Waals surface area (Å²) in [6.07, 6.45) is -2.86. The van der Waals surface area contributed by atoms with Crippen LogP contribution in [0, 0.1) is 6.92 Å². The van der Waals surface area contributed by atoms with Gasteiger partial charge in [0.2, 0.25) is 5.95 Å². The van der Waals surface area contributed by atoms with Gasteiger partial charge in [-0.25, -0.2) is 9.19 Å². The van der Waals surface area contributed by atoms with Crippen LogP contribution in [0.5, 0.6) is 0 Å². The van der Waals surface area contributed by atoms with Crippen LogP contribution in [0.1, 0.15) is 22.3 Å². The number of alkyl halides is 3. The third-order valence-corrected chi connectivity index (χ3v) is 6.31. The molecule has 40 heavy (non-hydrogen) atoms. The molecule has 4 rings (SSSR count). The summed E-state index contributed by atoms with van der Waals surface area (Å²) in [5.41, 5.74) is 2.65. The fraction of sp³-hybridized carbons (Fsp3) is 0.179. The lowest BCUT2D eigenvalue weighted by Crippen LogP contribution is -2.13. The summed E-state index contributed by atoms with van der Waals surface area (Å²) < 4.78 is 61.7. The van der Waals surface area contributed by atoms with Crippen molar-refractivity contribution in [3.63, 3.8) is 0 Å². The van der Waals surface area contributed by atoms with Gasteiger partial charge in [-0.3, -0.25) is 14.1 Å². The number of ketones is 1. The number of nitrogens with zero attached hydrogens (tertiary/aromatic N) is 3. The van der Waals surface area contributed by atoms with Crippen LogP contribution in [-0.4, -0.2) is 31.6 Å². The average molecular weight is 570 g/mol. The van der Waals surface area contributed by atoms with E-state index in [1.807, 2.05) is 24.1 Å². The van der Waals surface area contributed by atoms with Gasteiger partial charge in [0, 0.05) is 37.5 Å². The van der Waals surface area contributed by atoms with Crippen LogP contribution in [0.25, 0.3) is 0 Å². The van der Waals surface area contributed by atoms with E-state index >= 15 is 0 Å². The van der Waals surface area contributed by atoms with Gasteiger partial charge < -0.3 is 10.2 Å². The molecule has 12 heteroatoms. The molecule has 1 heterocycles. The molecule has 0 bridgehead atoms. The maximum atomic E-state index is 13.1. The largest absolute Gasteiger partial charge is 0.416 e. The van der Waals surface area contributed by atoms with Crippen molar-refractivity contribution in [2.24, 2.45) is 0 Å². The Hall–Kier alpha value is -4.29. The predicted molar refractivity (Wildman–Crippen MR) is 149 cm³/mol. The first-order valence-electron chi connectivity index (χ1n) is 12.1. The van der Waals surface area contributed by atoms with Crippen LogP contribution in [0.2, 0.25) is 0 Å². The number of Topliss-reactive ketones (excluding diaryl/α,β-unsaturated/α-hetero) is 1. The van der Waals surface area contributed by atoms with E-state index in [1.165, 1.54) is 0 Å². The van der Waals surface area contributed by atoms with E-state index < -0.39 is 23.0 Å². The SMILES string of the molecule is Cc1cc(CC(=O)Cc2ccc(N(C)c3ccnc(Nc4cccc(NS(=O)O)c4)n3)cc2)cc(C(F)(F)F)c1. The maximum Gasteiger partial charge on any atom is 0.416 e. The predicted octanol–water partition coefficient (Wildman–Crippen LogP) is 6.22. The summed E-state index contributed by atoms with van der Waals surface area (Å²) in [6.45, 7) is 1.58. The zero-order valence-corrected chi connectivity index (χ0v) is 22.4. The van der Waals surface area contributed by atoms with E-state index in [0.29, 0.717) is 34.3 Å². The Balaban J connectivity index is 1.40. The van der Waals surface area contributed by atoms with Gasteiger partial charge in [0.15, 0.2) is 0 Å². The van der Waals surface area contributed by atoms with Crippen LogP contribution in [0.15, 0.2) is 79.0 Å². The molecule has 1 aromatic heterocycles. The van der Waals surface area contributed by atoms with E-state index in [1.54, 1.807) is 61.7 Å². The smallest absolute Gasteiger partial charge is 0.329 e. The van der Waals surface area contributed by atoms with E-state index in [4.69, 9.17) is 4.55 Å². The monoisotopic (exact) mass is 569 g/mol. The minimum Gasteiger partial charge on any atom is -0.329 e. The summed E-state index contributed by atoms with van der Waals surface area (Å²) in [4.78, 5) is 23.2. The van der Waals surface area contributed by atoms with Gasteiger partial charge in [-0.05, 0) is 66.6 Å². The van der Waals surface area contributed by atoms with Crippen molar-refractivity contribution in [1.82, 2.24) is 9.97 Å². The standard InChI is InChI=1S/C28H26F3N5O3S/c1-18-12-20(14-21(13-18)28(29,30)31)16-25(37)15-19-6-8-24(9-7-19)36(2)26-10-11-32-27(34-26)33-22-4-3-5-23(17-22)35-40(38)39/h3-14,17,35H,15-16H2,1-2H3,(H,38,39)(H,32,33,34). The van der Waals surface area contributed by atoms with Gasteiger partial charge in [0.05, 0.1) is 11.3 Å². The van der Waals surface area contributed by atoms with Crippen molar-refractivity contribution in [3.8, 4) is 0 Å². The van der Waals surface area contributed by atoms with Crippen molar-refractivity contribution in [1.29, 1.82) is 0 Å². The summed E-state index contributed by atoms with van der Waals surface area (Å²) >= 11 is -2.19. The van der Waals surface area contributed by atoms with E-state index in [9.17, 15) is 22.2 Å². The summed E-state index contributed by atoms with van der Waals surface area (Å²) in [5.74, 6) is 0.724. The normalized spacial score (nSPS) is 12.1. The number of aryl methyl sites for hydroxylation is 1. The Morgan fingerprint density at radius 2 is 1.68 bits per heavy atom. The second-order valence-electron chi connectivity index (χ2n) is 9.12. The molecule has 0 aliphatic rings. The van der Waals surface area contributed by atoms with Crippen LogP contribution < -0.4 is 14.9 Å². The van der Waals surface area contributed by atoms with Crippen molar-refractivity contribution >= 4 is 45.9 Å². The molecule has 0 fully saturated rings. The van der Waals surface area contributed by atoms with Crippen molar-refractivity contribution in [2.75, 3.05) is 22.0 Å². The van der Waals surface area contributed by atoms with Gasteiger partial charge in [-0.1, -0.05) is 29.8 Å². The molecule has 8 nitrogen and oxygen atoms in total. The first-order valence-corrected chi connectivity index (χ1v) is 13.2. The molecule has 0 saturated heterocycles. The number of halogens is 3. The number of aromatic nitrogens is 2. The number of anilines is 5. The average Bonchev–Trinajstić information content (AvgIpc) is 2.88. The van der Waals surface area contributed by atoms with Crippen molar-refractivity contribution in [3.05, 3.63) is 101 Å². The fourth-order valence-corrected chi connectivity index (χ4v) is 4.43. The minimum atomic E-state index is -4.46. The molecule has 0 saturated carbocycles. The highest BCUT2D eigenvalue weighted by Gasteiger charge is 2.31. The lowest BCUT2D eigenvalue weighted by molar-refractivity contribution is -0.137. The van der Waals surface area contributed by atoms with E-state index in [0.717, 1.165) is 23.4 Å². The fourth-order valence-electron chi connectivity index (χ4n) is 4.10. The van der Waals surface area contributed by atoms with E-state index in [2.05, 4.69) is 20.0 Å². The van der Waals surface area contributed by atoms with Crippen LogP contribution in [0.4, 0.5) is 42.0 Å². The molecule has 1 unspecified atom stereocenters.